The molecule has 2 rings (SSSR count). The number of likely N-dealkylation sites (N-methyl/N-ethyl adjacent to an activating group) is 1. The zero-order chi connectivity index (χ0) is 15.6. The maximum absolute atomic E-state index is 14.0. The van der Waals surface area contributed by atoms with Gasteiger partial charge in [-0.05, 0) is 6.07 Å². The van der Waals surface area contributed by atoms with Crippen molar-refractivity contribution in [1.29, 1.82) is 0 Å². The number of hydrogen-bond donors (Lipinski definition) is 1. The van der Waals surface area contributed by atoms with Gasteiger partial charge in [-0.15, -0.1) is 0 Å². The largest absolute Gasteiger partial charge is 0.465 e. The summed E-state index contributed by atoms with van der Waals surface area (Å²) in [6.45, 7) is 0.224. The highest BCUT2D eigenvalue weighted by atomic mass is 35.5. The van der Waals surface area contributed by atoms with Crippen molar-refractivity contribution < 1.29 is 14.3 Å². The molecular formula is C12H13ClFN5O2. The number of aromatic nitrogens is 4. The van der Waals surface area contributed by atoms with Crippen LogP contribution in [-0.4, -0.2) is 49.7 Å². The number of hydrogen-bond acceptors (Lipinski definition) is 4. The quantitative estimate of drug-likeness (QED) is 0.870. The smallest absolute Gasteiger partial charge is 0.407 e. The third-order valence-electron chi connectivity index (χ3n) is 2.90. The van der Waals surface area contributed by atoms with Gasteiger partial charge >= 0.3 is 6.09 Å². The van der Waals surface area contributed by atoms with Crippen molar-refractivity contribution in [2.45, 2.75) is 6.42 Å². The maximum Gasteiger partial charge on any atom is 0.407 e. The van der Waals surface area contributed by atoms with Gasteiger partial charge in [0.25, 0.3) is 0 Å². The molecule has 2 heterocycles. The molecule has 0 saturated heterocycles. The van der Waals surface area contributed by atoms with E-state index in [0.717, 1.165) is 4.90 Å². The van der Waals surface area contributed by atoms with Gasteiger partial charge in [0.2, 0.25) is 0 Å². The maximum atomic E-state index is 14.0. The number of halogens is 2. The Balaban J connectivity index is 2.33. The first kappa shape index (κ1) is 15.2. The second-order valence-corrected chi connectivity index (χ2v) is 4.76. The summed E-state index contributed by atoms with van der Waals surface area (Å²) >= 11 is 5.66. The number of carbonyl (C=O) groups is 1. The fraction of sp³-hybridized carbons (Fsp3) is 0.333. The van der Waals surface area contributed by atoms with Gasteiger partial charge in [0, 0.05) is 38.8 Å². The lowest BCUT2D eigenvalue weighted by Gasteiger charge is -2.11. The summed E-state index contributed by atoms with van der Waals surface area (Å²) in [5, 5.41) is 16.9. The highest BCUT2D eigenvalue weighted by molar-refractivity contribution is 6.29. The monoisotopic (exact) mass is 313 g/mol. The van der Waals surface area contributed by atoms with Gasteiger partial charge in [-0.25, -0.2) is 14.2 Å². The summed E-state index contributed by atoms with van der Waals surface area (Å²) < 4.78 is 14.0. The van der Waals surface area contributed by atoms with Crippen LogP contribution in [0.1, 0.15) is 5.69 Å². The van der Waals surface area contributed by atoms with Crippen molar-refractivity contribution in [3.8, 4) is 11.3 Å². The molecule has 112 valence electrons. The first-order valence-electron chi connectivity index (χ1n) is 6.04. The lowest BCUT2D eigenvalue weighted by molar-refractivity contribution is 0.156. The van der Waals surface area contributed by atoms with Crippen LogP contribution in [0.3, 0.4) is 0 Å². The number of aryl methyl sites for hydroxylation is 1. The molecule has 1 N–H and O–H groups in total. The Morgan fingerprint density at radius 1 is 1.52 bits per heavy atom. The molecule has 0 spiro atoms. The normalized spacial score (nSPS) is 10.7. The summed E-state index contributed by atoms with van der Waals surface area (Å²) in [6.07, 6.45) is 0.645. The van der Waals surface area contributed by atoms with Crippen molar-refractivity contribution in [3.05, 3.63) is 28.9 Å². The molecule has 21 heavy (non-hydrogen) atoms. The van der Waals surface area contributed by atoms with E-state index in [0.29, 0.717) is 17.8 Å². The fourth-order valence-corrected chi connectivity index (χ4v) is 1.95. The molecule has 0 unspecified atom stereocenters. The van der Waals surface area contributed by atoms with Crippen LogP contribution in [0, 0.1) is 5.82 Å². The second-order valence-electron chi connectivity index (χ2n) is 4.40. The average molecular weight is 314 g/mol. The predicted octanol–water partition coefficient (Wildman–Crippen LogP) is 1.82. The van der Waals surface area contributed by atoms with Gasteiger partial charge < -0.3 is 10.0 Å². The van der Waals surface area contributed by atoms with Crippen LogP contribution >= 0.6 is 11.6 Å². The van der Waals surface area contributed by atoms with Gasteiger partial charge in [0.1, 0.15) is 5.69 Å². The molecule has 0 aromatic carbocycles. The van der Waals surface area contributed by atoms with E-state index in [1.807, 2.05) is 0 Å². The van der Waals surface area contributed by atoms with Gasteiger partial charge in [-0.2, -0.15) is 15.0 Å². The fourth-order valence-electron chi connectivity index (χ4n) is 1.79. The zero-order valence-corrected chi connectivity index (χ0v) is 12.2. The average Bonchev–Trinajstić information content (AvgIpc) is 2.80. The highest BCUT2D eigenvalue weighted by Gasteiger charge is 2.18. The number of carboxylic acid groups (broad SMARTS) is 1. The molecule has 0 saturated carbocycles. The van der Waals surface area contributed by atoms with Gasteiger partial charge in [0.15, 0.2) is 11.0 Å². The third-order valence-corrected chi connectivity index (χ3v) is 3.16. The van der Waals surface area contributed by atoms with Crippen molar-refractivity contribution in [2.24, 2.45) is 7.05 Å². The Labute approximate surface area is 125 Å². The van der Waals surface area contributed by atoms with E-state index < -0.39 is 11.9 Å². The molecule has 0 aliphatic heterocycles. The molecule has 9 heteroatoms. The number of nitrogens with zero attached hydrogens (tertiary/aromatic N) is 5. The molecule has 2 aromatic heterocycles. The Morgan fingerprint density at radius 2 is 2.24 bits per heavy atom. The first-order valence-corrected chi connectivity index (χ1v) is 6.42. The first-order chi connectivity index (χ1) is 9.90. The SMILES string of the molecule is CN(CCc1nn(C)nc1-c1ccnc(Cl)c1F)C(=O)O. The molecular weight excluding hydrogens is 301 g/mol. The van der Waals surface area contributed by atoms with Crippen molar-refractivity contribution in [3.63, 3.8) is 0 Å². The Hall–Kier alpha value is -2.22. The third kappa shape index (κ3) is 3.27. The summed E-state index contributed by atoms with van der Waals surface area (Å²) in [5.74, 6) is -0.674. The minimum absolute atomic E-state index is 0.191. The van der Waals surface area contributed by atoms with Gasteiger partial charge in [-0.3, -0.25) is 0 Å². The second kappa shape index (κ2) is 6.04. The number of amides is 1. The van der Waals surface area contributed by atoms with Crippen LogP contribution in [0.4, 0.5) is 9.18 Å². The van der Waals surface area contributed by atoms with Crippen LogP contribution in [0.15, 0.2) is 12.3 Å². The summed E-state index contributed by atoms with van der Waals surface area (Å²) in [4.78, 5) is 16.9. The summed E-state index contributed by atoms with van der Waals surface area (Å²) in [6, 6.07) is 1.45. The van der Waals surface area contributed by atoms with Crippen molar-refractivity contribution in [2.75, 3.05) is 13.6 Å². The van der Waals surface area contributed by atoms with Crippen molar-refractivity contribution >= 4 is 17.7 Å². The van der Waals surface area contributed by atoms with Crippen LogP contribution < -0.4 is 0 Å². The van der Waals surface area contributed by atoms with E-state index in [-0.39, 0.29) is 17.3 Å². The Morgan fingerprint density at radius 3 is 2.90 bits per heavy atom. The van der Waals surface area contributed by atoms with E-state index in [4.69, 9.17) is 16.7 Å². The predicted molar refractivity (Wildman–Crippen MR) is 73.6 cm³/mol. The van der Waals surface area contributed by atoms with Crippen LogP contribution in [0.5, 0.6) is 0 Å². The lowest BCUT2D eigenvalue weighted by atomic mass is 10.1. The summed E-state index contributed by atoms with van der Waals surface area (Å²) in [7, 11) is 3.05. The molecule has 0 fully saturated rings. The molecule has 0 radical (unpaired) electrons. The molecule has 0 bridgehead atoms. The molecule has 0 atom stereocenters. The minimum Gasteiger partial charge on any atom is -0.465 e. The topological polar surface area (TPSA) is 84.1 Å². The van der Waals surface area contributed by atoms with Gasteiger partial charge in [-0.1, -0.05) is 11.6 Å². The molecule has 7 nitrogen and oxygen atoms in total. The Bertz CT molecular complexity index is 676. The van der Waals surface area contributed by atoms with Gasteiger partial charge in [0.05, 0.1) is 5.69 Å². The molecule has 0 aliphatic rings. The van der Waals surface area contributed by atoms with Crippen LogP contribution in [0.2, 0.25) is 5.15 Å². The zero-order valence-electron chi connectivity index (χ0n) is 11.4. The van der Waals surface area contributed by atoms with E-state index in [2.05, 4.69) is 15.2 Å². The standard InChI is InChI=1S/C12H13ClFN5O2/c1-18(12(20)21)6-4-8-10(17-19(2)16-8)7-3-5-15-11(13)9(7)14/h3,5H,4,6H2,1-2H3,(H,20,21). The van der Waals surface area contributed by atoms with E-state index in [1.165, 1.54) is 24.1 Å². The minimum atomic E-state index is -1.04. The van der Waals surface area contributed by atoms with Crippen molar-refractivity contribution in [1.82, 2.24) is 24.9 Å². The highest BCUT2D eigenvalue weighted by Crippen LogP contribution is 2.26. The molecule has 2 aromatic rings. The molecule has 0 aliphatic carbocycles. The lowest BCUT2D eigenvalue weighted by Crippen LogP contribution is -2.27. The Kier molecular flexibility index (Phi) is 4.37. The van der Waals surface area contributed by atoms with E-state index in [1.54, 1.807) is 7.05 Å². The molecule has 1 amide bonds. The van der Waals surface area contributed by atoms with E-state index >= 15 is 0 Å². The van der Waals surface area contributed by atoms with Crippen LogP contribution in [0.25, 0.3) is 11.3 Å². The summed E-state index contributed by atoms with van der Waals surface area (Å²) in [5.41, 5.74) is 1.01. The number of pyridine rings is 1. The number of rotatable bonds is 4. The van der Waals surface area contributed by atoms with E-state index in [9.17, 15) is 9.18 Å². The van der Waals surface area contributed by atoms with Crippen LogP contribution in [-0.2, 0) is 13.5 Å².